The molecule has 1 atom stereocenters. The lowest BCUT2D eigenvalue weighted by Crippen LogP contribution is -2.30. The first-order chi connectivity index (χ1) is 7.84. The average molecular weight is 240 g/mol. The predicted molar refractivity (Wildman–Crippen MR) is 66.7 cm³/mol. The molecule has 0 spiro atoms. The molecule has 1 aliphatic heterocycles. The maximum absolute atomic E-state index is 5.68. The van der Waals surface area contributed by atoms with Gasteiger partial charge in [0.05, 0.1) is 16.5 Å². The Hall–Kier alpha value is -0.450. The SMILES string of the molecule is Cc1ncc(COCCC2CCCNC2)s1. The molecule has 0 aliphatic carbocycles. The zero-order valence-corrected chi connectivity index (χ0v) is 10.7. The van der Waals surface area contributed by atoms with Gasteiger partial charge >= 0.3 is 0 Å². The molecule has 90 valence electrons. The third-order valence-corrected chi connectivity index (χ3v) is 3.87. The van der Waals surface area contributed by atoms with Crippen molar-refractivity contribution < 1.29 is 4.74 Å². The van der Waals surface area contributed by atoms with Crippen LogP contribution < -0.4 is 5.32 Å². The van der Waals surface area contributed by atoms with Crippen molar-refractivity contribution in [3.05, 3.63) is 16.1 Å². The second-order valence-corrected chi connectivity index (χ2v) is 5.72. The minimum absolute atomic E-state index is 0.728. The monoisotopic (exact) mass is 240 g/mol. The van der Waals surface area contributed by atoms with Gasteiger partial charge < -0.3 is 10.1 Å². The van der Waals surface area contributed by atoms with E-state index >= 15 is 0 Å². The summed E-state index contributed by atoms with van der Waals surface area (Å²) in [7, 11) is 0. The summed E-state index contributed by atoms with van der Waals surface area (Å²) in [6.07, 6.45) is 5.78. The molecule has 1 aliphatic rings. The van der Waals surface area contributed by atoms with E-state index in [4.69, 9.17) is 4.74 Å². The Bertz CT molecular complexity index is 308. The highest BCUT2D eigenvalue weighted by Crippen LogP contribution is 2.15. The summed E-state index contributed by atoms with van der Waals surface area (Å²) < 4.78 is 5.68. The van der Waals surface area contributed by atoms with Crippen LogP contribution in [0, 0.1) is 12.8 Å². The van der Waals surface area contributed by atoms with Gasteiger partial charge in [-0.3, -0.25) is 0 Å². The van der Waals surface area contributed by atoms with E-state index in [1.165, 1.54) is 37.2 Å². The van der Waals surface area contributed by atoms with Gasteiger partial charge in [0, 0.05) is 12.8 Å². The van der Waals surface area contributed by atoms with E-state index < -0.39 is 0 Å². The molecule has 0 radical (unpaired) electrons. The number of hydrogen-bond acceptors (Lipinski definition) is 4. The molecular formula is C12H20N2OS. The molecule has 0 bridgehead atoms. The Morgan fingerprint density at radius 1 is 1.62 bits per heavy atom. The minimum atomic E-state index is 0.728. The molecule has 16 heavy (non-hydrogen) atoms. The third kappa shape index (κ3) is 3.85. The van der Waals surface area contributed by atoms with Crippen molar-refractivity contribution in [1.82, 2.24) is 10.3 Å². The maximum atomic E-state index is 5.68. The summed E-state index contributed by atoms with van der Waals surface area (Å²) in [5.41, 5.74) is 0. The number of nitrogens with zero attached hydrogens (tertiary/aromatic N) is 1. The molecule has 1 fully saturated rings. The lowest BCUT2D eigenvalue weighted by atomic mass is 9.97. The summed E-state index contributed by atoms with van der Waals surface area (Å²) in [5.74, 6) is 0.817. The summed E-state index contributed by atoms with van der Waals surface area (Å²) in [5, 5.41) is 4.55. The van der Waals surface area contributed by atoms with Crippen molar-refractivity contribution in [3.8, 4) is 0 Å². The van der Waals surface area contributed by atoms with Gasteiger partial charge in [-0.15, -0.1) is 11.3 Å². The molecule has 2 rings (SSSR count). The van der Waals surface area contributed by atoms with E-state index in [1.54, 1.807) is 11.3 Å². The van der Waals surface area contributed by atoms with Gasteiger partial charge in [-0.1, -0.05) is 0 Å². The first-order valence-electron chi connectivity index (χ1n) is 6.04. The Labute approximate surface area is 101 Å². The highest BCUT2D eigenvalue weighted by Gasteiger charge is 2.12. The van der Waals surface area contributed by atoms with Crippen LogP contribution in [0.3, 0.4) is 0 Å². The molecule has 3 nitrogen and oxygen atoms in total. The summed E-state index contributed by atoms with van der Waals surface area (Å²) >= 11 is 1.73. The predicted octanol–water partition coefficient (Wildman–Crippen LogP) is 2.36. The molecule has 0 saturated carbocycles. The Balaban J connectivity index is 1.57. The van der Waals surface area contributed by atoms with Crippen molar-refractivity contribution >= 4 is 11.3 Å². The second-order valence-electron chi connectivity index (χ2n) is 4.40. The first kappa shape index (κ1) is 12.0. The van der Waals surface area contributed by atoms with Gasteiger partial charge in [-0.25, -0.2) is 4.98 Å². The van der Waals surface area contributed by atoms with Gasteiger partial charge in [0.2, 0.25) is 0 Å². The number of rotatable bonds is 5. The smallest absolute Gasteiger partial charge is 0.0897 e. The number of piperidine rings is 1. The fraction of sp³-hybridized carbons (Fsp3) is 0.750. The molecule has 1 unspecified atom stereocenters. The molecule has 1 saturated heterocycles. The summed E-state index contributed by atoms with van der Waals surface area (Å²) in [6.45, 7) is 6.00. The van der Waals surface area contributed by atoms with E-state index in [2.05, 4.69) is 10.3 Å². The van der Waals surface area contributed by atoms with Crippen molar-refractivity contribution in [2.75, 3.05) is 19.7 Å². The molecule has 2 heterocycles. The fourth-order valence-corrected chi connectivity index (χ4v) is 2.80. The van der Waals surface area contributed by atoms with E-state index in [-0.39, 0.29) is 0 Å². The average Bonchev–Trinajstić information content (AvgIpc) is 2.72. The number of ether oxygens (including phenoxy) is 1. The van der Waals surface area contributed by atoms with Crippen molar-refractivity contribution in [3.63, 3.8) is 0 Å². The molecule has 1 aromatic rings. The van der Waals surface area contributed by atoms with Crippen LogP contribution in [-0.2, 0) is 11.3 Å². The topological polar surface area (TPSA) is 34.1 Å². The maximum Gasteiger partial charge on any atom is 0.0897 e. The van der Waals surface area contributed by atoms with Gasteiger partial charge in [-0.2, -0.15) is 0 Å². The largest absolute Gasteiger partial charge is 0.376 e. The highest BCUT2D eigenvalue weighted by atomic mass is 32.1. The zero-order valence-electron chi connectivity index (χ0n) is 9.87. The number of nitrogens with one attached hydrogen (secondary N) is 1. The number of hydrogen-bond donors (Lipinski definition) is 1. The number of thiazole rings is 1. The lowest BCUT2D eigenvalue weighted by molar-refractivity contribution is 0.105. The Morgan fingerprint density at radius 2 is 2.56 bits per heavy atom. The van der Waals surface area contributed by atoms with Crippen molar-refractivity contribution in [2.24, 2.45) is 5.92 Å². The van der Waals surface area contributed by atoms with Crippen LogP contribution in [0.1, 0.15) is 29.1 Å². The standard InChI is InChI=1S/C12H20N2OS/c1-10-14-8-12(16-10)9-15-6-4-11-3-2-5-13-7-11/h8,11,13H,2-7,9H2,1H3. The number of aryl methyl sites for hydroxylation is 1. The number of aromatic nitrogens is 1. The summed E-state index contributed by atoms with van der Waals surface area (Å²) in [6, 6.07) is 0. The summed E-state index contributed by atoms with van der Waals surface area (Å²) in [4.78, 5) is 5.45. The van der Waals surface area contributed by atoms with E-state index in [9.17, 15) is 0 Å². The molecule has 1 N–H and O–H groups in total. The van der Waals surface area contributed by atoms with Crippen molar-refractivity contribution in [1.29, 1.82) is 0 Å². The van der Waals surface area contributed by atoms with Crippen LogP contribution in [0.15, 0.2) is 6.20 Å². The van der Waals surface area contributed by atoms with Crippen LogP contribution >= 0.6 is 11.3 Å². The minimum Gasteiger partial charge on any atom is -0.376 e. The van der Waals surface area contributed by atoms with Crippen LogP contribution in [-0.4, -0.2) is 24.7 Å². The van der Waals surface area contributed by atoms with Crippen LogP contribution in [0.4, 0.5) is 0 Å². The quantitative estimate of drug-likeness (QED) is 0.802. The lowest BCUT2D eigenvalue weighted by Gasteiger charge is -2.22. The van der Waals surface area contributed by atoms with Crippen LogP contribution in [0.5, 0.6) is 0 Å². The van der Waals surface area contributed by atoms with E-state index in [1.807, 2.05) is 13.1 Å². The Kier molecular flexibility index (Phi) is 4.75. The molecule has 0 aromatic carbocycles. The van der Waals surface area contributed by atoms with Crippen LogP contribution in [0.2, 0.25) is 0 Å². The normalized spacial score (nSPS) is 21.2. The second kappa shape index (κ2) is 6.33. The van der Waals surface area contributed by atoms with Gasteiger partial charge in [-0.05, 0) is 45.2 Å². The van der Waals surface area contributed by atoms with E-state index in [0.29, 0.717) is 0 Å². The first-order valence-corrected chi connectivity index (χ1v) is 6.86. The molecule has 4 heteroatoms. The van der Waals surface area contributed by atoms with Gasteiger partial charge in [0.25, 0.3) is 0 Å². The van der Waals surface area contributed by atoms with E-state index in [0.717, 1.165) is 24.1 Å². The van der Waals surface area contributed by atoms with Crippen molar-refractivity contribution in [2.45, 2.75) is 32.8 Å². The Morgan fingerprint density at radius 3 is 3.25 bits per heavy atom. The molecule has 1 aromatic heterocycles. The molecular weight excluding hydrogens is 220 g/mol. The van der Waals surface area contributed by atoms with Gasteiger partial charge in [0.1, 0.15) is 0 Å². The van der Waals surface area contributed by atoms with Gasteiger partial charge in [0.15, 0.2) is 0 Å². The highest BCUT2D eigenvalue weighted by molar-refractivity contribution is 7.11. The fourth-order valence-electron chi connectivity index (χ4n) is 2.07. The molecule has 0 amide bonds. The van der Waals surface area contributed by atoms with Crippen LogP contribution in [0.25, 0.3) is 0 Å². The zero-order chi connectivity index (χ0) is 11.2. The third-order valence-electron chi connectivity index (χ3n) is 2.98.